The lowest BCUT2D eigenvalue weighted by molar-refractivity contribution is -0.142. The number of esters is 1. The van der Waals surface area contributed by atoms with E-state index in [0.717, 1.165) is 5.56 Å². The molecule has 172 valence electrons. The Labute approximate surface area is 195 Å². The number of anilines is 1. The van der Waals surface area contributed by atoms with E-state index in [0.29, 0.717) is 34.9 Å². The molecular weight excluding hydrogens is 437 g/mol. The molecule has 3 aromatic carbocycles. The summed E-state index contributed by atoms with van der Waals surface area (Å²) in [7, 11) is 1.27. The van der Waals surface area contributed by atoms with Crippen molar-refractivity contribution in [3.8, 4) is 17.0 Å². The van der Waals surface area contributed by atoms with Gasteiger partial charge in [-0.3, -0.25) is 4.79 Å². The summed E-state index contributed by atoms with van der Waals surface area (Å²) in [6.45, 7) is 0.215. The predicted octanol–water partition coefficient (Wildman–Crippen LogP) is 4.54. The second kappa shape index (κ2) is 10.4. The molecule has 0 saturated carbocycles. The fourth-order valence-corrected chi connectivity index (χ4v) is 3.34. The third-order valence-electron chi connectivity index (χ3n) is 5.06. The van der Waals surface area contributed by atoms with Crippen molar-refractivity contribution in [3.63, 3.8) is 0 Å². The van der Waals surface area contributed by atoms with Crippen molar-refractivity contribution in [1.29, 1.82) is 0 Å². The minimum absolute atomic E-state index is 0.264. The third kappa shape index (κ3) is 5.47. The van der Waals surface area contributed by atoms with Crippen LogP contribution in [0.2, 0.25) is 0 Å². The lowest BCUT2D eigenvalue weighted by Crippen LogP contribution is -2.17. The summed E-state index contributed by atoms with van der Waals surface area (Å²) >= 11 is 0. The molecule has 0 bridgehead atoms. The molecule has 4 aromatic rings. The third-order valence-corrected chi connectivity index (χ3v) is 5.06. The molecule has 1 N–H and O–H groups in total. The first-order chi connectivity index (χ1) is 16.5. The summed E-state index contributed by atoms with van der Waals surface area (Å²) in [4.78, 5) is 29.0. The fourth-order valence-electron chi connectivity index (χ4n) is 3.34. The van der Waals surface area contributed by atoms with Crippen molar-refractivity contribution in [1.82, 2.24) is 9.55 Å². The number of carbonyl (C=O) groups is 2. The zero-order valence-electron chi connectivity index (χ0n) is 18.4. The highest BCUT2D eigenvalue weighted by Gasteiger charge is 2.18. The first-order valence-corrected chi connectivity index (χ1v) is 10.5. The summed E-state index contributed by atoms with van der Waals surface area (Å²) in [5.41, 5.74) is 2.54. The summed E-state index contributed by atoms with van der Waals surface area (Å²) < 4.78 is 25.2. The van der Waals surface area contributed by atoms with Gasteiger partial charge in [-0.15, -0.1) is 0 Å². The molecule has 0 unspecified atom stereocenters. The van der Waals surface area contributed by atoms with Gasteiger partial charge < -0.3 is 19.4 Å². The van der Waals surface area contributed by atoms with Crippen molar-refractivity contribution < 1.29 is 23.5 Å². The van der Waals surface area contributed by atoms with Crippen LogP contribution < -0.4 is 10.1 Å². The van der Waals surface area contributed by atoms with Crippen LogP contribution in [-0.4, -0.2) is 35.1 Å². The number of amides is 1. The average Bonchev–Trinajstić information content (AvgIpc) is 3.25. The molecule has 1 aromatic heterocycles. The minimum atomic E-state index is -0.524. The van der Waals surface area contributed by atoms with Crippen LogP contribution in [0.4, 0.5) is 10.2 Å². The second-order valence-electron chi connectivity index (χ2n) is 7.41. The van der Waals surface area contributed by atoms with Gasteiger partial charge >= 0.3 is 5.97 Å². The number of methoxy groups -OCH3 is 1. The number of aromatic nitrogens is 2. The molecule has 4 rings (SSSR count). The van der Waals surface area contributed by atoms with Gasteiger partial charge in [0.2, 0.25) is 0 Å². The number of ether oxygens (including phenoxy) is 2. The molecule has 1 amide bonds. The Morgan fingerprint density at radius 2 is 1.76 bits per heavy atom. The van der Waals surface area contributed by atoms with E-state index in [9.17, 15) is 14.0 Å². The molecular formula is C26H22FN3O4. The van der Waals surface area contributed by atoms with Gasteiger partial charge in [0.25, 0.3) is 5.91 Å². The summed E-state index contributed by atoms with van der Waals surface area (Å²) in [5.74, 6) is -0.442. The summed E-state index contributed by atoms with van der Waals surface area (Å²) in [6.07, 6.45) is 1.64. The van der Waals surface area contributed by atoms with Gasteiger partial charge in [0.15, 0.2) is 6.61 Å². The molecule has 0 aliphatic rings. The monoisotopic (exact) mass is 459 g/mol. The highest BCUT2D eigenvalue weighted by atomic mass is 19.1. The Kier molecular flexibility index (Phi) is 6.98. The standard InChI is InChI=1S/C26H22FN3O4/c1-33-23(31)16-34-22-9-5-8-20(14-22)26(32)29-25-24(19-10-12-21(27)13-11-19)28-17-30(25)15-18-6-3-2-4-7-18/h2-14,17H,15-16H2,1H3,(H,29,32). The molecule has 8 heteroatoms. The van der Waals surface area contributed by atoms with Crippen LogP contribution in [0.15, 0.2) is 85.2 Å². The van der Waals surface area contributed by atoms with Crippen molar-refractivity contribution >= 4 is 17.7 Å². The second-order valence-corrected chi connectivity index (χ2v) is 7.41. The van der Waals surface area contributed by atoms with Gasteiger partial charge in [0.05, 0.1) is 20.0 Å². The van der Waals surface area contributed by atoms with Crippen molar-refractivity contribution in [2.45, 2.75) is 6.54 Å². The molecule has 34 heavy (non-hydrogen) atoms. The first kappa shape index (κ1) is 22.7. The van der Waals surface area contributed by atoms with Gasteiger partial charge in [-0.05, 0) is 48.0 Å². The number of benzene rings is 3. The Morgan fingerprint density at radius 1 is 1.00 bits per heavy atom. The Hall–Kier alpha value is -4.46. The normalized spacial score (nSPS) is 10.5. The molecule has 0 atom stereocenters. The molecule has 1 heterocycles. The zero-order valence-corrected chi connectivity index (χ0v) is 18.4. The number of imidazole rings is 1. The maximum absolute atomic E-state index is 13.5. The quantitative estimate of drug-likeness (QED) is 0.391. The van der Waals surface area contributed by atoms with Crippen molar-refractivity contribution in [2.24, 2.45) is 0 Å². The highest BCUT2D eigenvalue weighted by molar-refractivity contribution is 6.05. The van der Waals surface area contributed by atoms with E-state index in [2.05, 4.69) is 15.0 Å². The molecule has 0 radical (unpaired) electrons. The van der Waals surface area contributed by atoms with Crippen LogP contribution in [0.1, 0.15) is 15.9 Å². The number of hydrogen-bond donors (Lipinski definition) is 1. The lowest BCUT2D eigenvalue weighted by Gasteiger charge is -2.13. The molecule has 0 saturated heterocycles. The summed E-state index contributed by atoms with van der Waals surface area (Å²) in [5, 5.41) is 2.93. The average molecular weight is 459 g/mol. The smallest absolute Gasteiger partial charge is 0.343 e. The van der Waals surface area contributed by atoms with Gasteiger partial charge in [-0.2, -0.15) is 0 Å². The Morgan fingerprint density at radius 3 is 2.50 bits per heavy atom. The van der Waals surface area contributed by atoms with E-state index in [1.54, 1.807) is 36.7 Å². The van der Waals surface area contributed by atoms with E-state index >= 15 is 0 Å². The van der Waals surface area contributed by atoms with Crippen LogP contribution in [0.25, 0.3) is 11.3 Å². The topological polar surface area (TPSA) is 82.4 Å². The highest BCUT2D eigenvalue weighted by Crippen LogP contribution is 2.28. The Bertz CT molecular complexity index is 1290. The molecule has 0 spiro atoms. The van der Waals surface area contributed by atoms with Crippen LogP contribution in [0.5, 0.6) is 5.75 Å². The fraction of sp³-hybridized carbons (Fsp3) is 0.115. The largest absolute Gasteiger partial charge is 0.482 e. The number of hydrogen-bond acceptors (Lipinski definition) is 5. The van der Waals surface area contributed by atoms with Crippen LogP contribution in [-0.2, 0) is 16.1 Å². The van der Waals surface area contributed by atoms with Gasteiger partial charge in [-0.25, -0.2) is 14.2 Å². The van der Waals surface area contributed by atoms with Crippen LogP contribution in [0.3, 0.4) is 0 Å². The maximum atomic E-state index is 13.5. The van der Waals surface area contributed by atoms with Crippen LogP contribution in [0, 0.1) is 5.82 Å². The lowest BCUT2D eigenvalue weighted by atomic mass is 10.1. The SMILES string of the molecule is COC(=O)COc1cccc(C(=O)Nc2c(-c3ccc(F)cc3)ncn2Cc2ccccc2)c1. The number of nitrogens with one attached hydrogen (secondary N) is 1. The van der Waals surface area contributed by atoms with Crippen molar-refractivity contribution in [3.05, 3.63) is 102 Å². The molecule has 0 aliphatic carbocycles. The van der Waals surface area contributed by atoms with Crippen molar-refractivity contribution in [2.75, 3.05) is 19.0 Å². The van der Waals surface area contributed by atoms with E-state index in [4.69, 9.17) is 4.74 Å². The van der Waals surface area contributed by atoms with E-state index in [-0.39, 0.29) is 18.3 Å². The Balaban J connectivity index is 1.63. The van der Waals surface area contributed by atoms with Gasteiger partial charge in [0.1, 0.15) is 23.1 Å². The van der Waals surface area contributed by atoms with E-state index < -0.39 is 5.97 Å². The van der Waals surface area contributed by atoms with Crippen LogP contribution >= 0.6 is 0 Å². The first-order valence-electron chi connectivity index (χ1n) is 10.5. The predicted molar refractivity (Wildman–Crippen MR) is 125 cm³/mol. The molecule has 7 nitrogen and oxygen atoms in total. The van der Waals surface area contributed by atoms with Gasteiger partial charge in [-0.1, -0.05) is 36.4 Å². The van der Waals surface area contributed by atoms with E-state index in [1.807, 2.05) is 34.9 Å². The number of carbonyl (C=O) groups excluding carboxylic acids is 2. The molecule has 0 aliphatic heterocycles. The minimum Gasteiger partial charge on any atom is -0.482 e. The van der Waals surface area contributed by atoms with Gasteiger partial charge in [0, 0.05) is 11.1 Å². The summed E-state index contributed by atoms with van der Waals surface area (Å²) in [6, 6.07) is 22.1. The zero-order chi connectivity index (χ0) is 23.9. The number of rotatable bonds is 8. The van der Waals surface area contributed by atoms with E-state index in [1.165, 1.54) is 25.3 Å². The maximum Gasteiger partial charge on any atom is 0.343 e. The number of halogens is 1. The molecule has 0 fully saturated rings. The number of nitrogens with zero attached hydrogens (tertiary/aromatic N) is 2.